The molecule has 0 bridgehead atoms. The molecule has 208 valence electrons. The number of anilines is 1. The van der Waals surface area contributed by atoms with E-state index in [-0.39, 0.29) is 24.3 Å². The van der Waals surface area contributed by atoms with Crippen LogP contribution in [0.1, 0.15) is 43.7 Å². The number of fused-ring (bicyclic) bond motifs is 2. The van der Waals surface area contributed by atoms with E-state index >= 15 is 0 Å². The Balaban J connectivity index is 1.41. The van der Waals surface area contributed by atoms with Crippen LogP contribution in [0.25, 0.3) is 0 Å². The highest BCUT2D eigenvalue weighted by atomic mass is 16.6. The number of phenolic OH excluding ortho intramolecular Hbond substituents is 1. The summed E-state index contributed by atoms with van der Waals surface area (Å²) in [5.41, 5.74) is 1.00. The number of carbonyl (C=O) groups is 2. The zero-order chi connectivity index (χ0) is 27.5. The van der Waals surface area contributed by atoms with Crippen LogP contribution in [0, 0.1) is 0 Å². The first-order valence-corrected chi connectivity index (χ1v) is 13.8. The molecular formula is C31H32N2O7. The summed E-state index contributed by atoms with van der Waals surface area (Å²) in [6, 6.07) is 17.7. The van der Waals surface area contributed by atoms with Gasteiger partial charge in [-0.05, 0) is 54.8 Å². The van der Waals surface area contributed by atoms with Crippen LogP contribution in [-0.4, -0.2) is 48.9 Å². The topological polar surface area (TPSA) is 107 Å². The summed E-state index contributed by atoms with van der Waals surface area (Å²) in [5, 5.41) is 13.2. The SMILES string of the molecule is O=C(NC1CCCCC1)[C@H](c1ccc(O)cc1)N(C(=O)[C@H]1COc2ccccc2O1)c1ccc2c(c1)OCCO2. The first-order chi connectivity index (χ1) is 19.6. The molecule has 1 saturated carbocycles. The molecule has 0 aromatic heterocycles. The lowest BCUT2D eigenvalue weighted by Crippen LogP contribution is -2.52. The molecule has 9 heteroatoms. The second-order valence-corrected chi connectivity index (χ2v) is 10.2. The smallest absolute Gasteiger partial charge is 0.272 e. The van der Waals surface area contributed by atoms with Gasteiger partial charge in [-0.25, -0.2) is 0 Å². The standard InChI is InChI=1S/C31H32N2O7/c34-23-13-10-20(11-14-23)29(30(35)32-21-6-2-1-3-7-21)33(22-12-15-25-27(18-22)38-17-16-37-25)31(36)28-19-39-24-8-4-5-9-26(24)40-28/h4-5,8-15,18,21,28-29,34H,1-3,6-7,16-17,19H2,(H,32,35)/t28-,29+/m1/s1. The first-order valence-electron chi connectivity index (χ1n) is 13.8. The summed E-state index contributed by atoms with van der Waals surface area (Å²) in [6.45, 7) is 0.801. The first kappa shape index (κ1) is 25.9. The highest BCUT2D eigenvalue weighted by Crippen LogP contribution is 2.39. The third-order valence-corrected chi connectivity index (χ3v) is 7.49. The van der Waals surface area contributed by atoms with Gasteiger partial charge in [-0.2, -0.15) is 0 Å². The van der Waals surface area contributed by atoms with E-state index in [0.29, 0.717) is 47.5 Å². The second kappa shape index (κ2) is 11.4. The van der Waals surface area contributed by atoms with E-state index in [4.69, 9.17) is 18.9 Å². The van der Waals surface area contributed by atoms with Gasteiger partial charge in [-0.3, -0.25) is 14.5 Å². The number of hydrogen-bond donors (Lipinski definition) is 2. The van der Waals surface area contributed by atoms with Crippen LogP contribution in [0.2, 0.25) is 0 Å². The van der Waals surface area contributed by atoms with E-state index in [9.17, 15) is 14.7 Å². The molecule has 2 N–H and O–H groups in total. The number of amides is 2. The molecule has 0 unspecified atom stereocenters. The molecule has 3 aromatic rings. The number of ether oxygens (including phenoxy) is 4. The lowest BCUT2D eigenvalue weighted by Gasteiger charge is -2.36. The van der Waals surface area contributed by atoms with Crippen LogP contribution in [-0.2, 0) is 9.59 Å². The zero-order valence-corrected chi connectivity index (χ0v) is 22.1. The van der Waals surface area contributed by atoms with Crippen molar-refractivity contribution in [3.05, 3.63) is 72.3 Å². The second-order valence-electron chi connectivity index (χ2n) is 10.2. The van der Waals surface area contributed by atoms with Crippen molar-refractivity contribution < 1.29 is 33.6 Å². The Labute approximate surface area is 232 Å². The Morgan fingerprint density at radius 2 is 1.52 bits per heavy atom. The average molecular weight is 545 g/mol. The average Bonchev–Trinajstić information content (AvgIpc) is 3.00. The number of aromatic hydroxyl groups is 1. The number of nitrogens with zero attached hydrogens (tertiary/aromatic N) is 1. The summed E-state index contributed by atoms with van der Waals surface area (Å²) in [6.07, 6.45) is 4.03. The molecule has 6 rings (SSSR count). The lowest BCUT2D eigenvalue weighted by atomic mass is 9.94. The number of benzene rings is 3. The quantitative estimate of drug-likeness (QED) is 0.470. The van der Waals surface area contributed by atoms with Crippen molar-refractivity contribution in [2.24, 2.45) is 0 Å². The molecule has 2 amide bonds. The van der Waals surface area contributed by atoms with E-state index in [1.54, 1.807) is 42.5 Å². The Kier molecular flexibility index (Phi) is 7.35. The zero-order valence-electron chi connectivity index (χ0n) is 22.1. The molecule has 1 fully saturated rings. The van der Waals surface area contributed by atoms with Crippen molar-refractivity contribution in [2.75, 3.05) is 24.7 Å². The van der Waals surface area contributed by atoms with Gasteiger partial charge < -0.3 is 29.4 Å². The molecule has 3 aromatic carbocycles. The predicted molar refractivity (Wildman–Crippen MR) is 147 cm³/mol. The van der Waals surface area contributed by atoms with Gasteiger partial charge in [-0.1, -0.05) is 43.5 Å². The Morgan fingerprint density at radius 3 is 2.30 bits per heavy atom. The molecule has 2 aliphatic heterocycles. The molecule has 0 saturated heterocycles. The summed E-state index contributed by atoms with van der Waals surface area (Å²) in [5.74, 6) is 1.39. The summed E-state index contributed by atoms with van der Waals surface area (Å²) >= 11 is 0. The minimum Gasteiger partial charge on any atom is -0.508 e. The Bertz CT molecular complexity index is 1370. The monoisotopic (exact) mass is 544 g/mol. The molecule has 2 heterocycles. The van der Waals surface area contributed by atoms with E-state index in [0.717, 1.165) is 32.1 Å². The maximum atomic E-state index is 14.4. The van der Waals surface area contributed by atoms with Crippen LogP contribution >= 0.6 is 0 Å². The Morgan fingerprint density at radius 1 is 0.825 bits per heavy atom. The number of rotatable bonds is 6. The fourth-order valence-corrected chi connectivity index (χ4v) is 5.48. The van der Waals surface area contributed by atoms with E-state index < -0.39 is 18.1 Å². The number of carbonyl (C=O) groups excluding carboxylic acids is 2. The van der Waals surface area contributed by atoms with Gasteiger partial charge in [-0.15, -0.1) is 0 Å². The van der Waals surface area contributed by atoms with Crippen molar-refractivity contribution in [1.82, 2.24) is 5.32 Å². The fraction of sp³-hybridized carbons (Fsp3) is 0.355. The van der Waals surface area contributed by atoms with Crippen molar-refractivity contribution in [3.63, 3.8) is 0 Å². The van der Waals surface area contributed by atoms with E-state index in [2.05, 4.69) is 5.32 Å². The van der Waals surface area contributed by atoms with Crippen molar-refractivity contribution in [3.8, 4) is 28.7 Å². The van der Waals surface area contributed by atoms with Gasteiger partial charge >= 0.3 is 0 Å². The molecule has 9 nitrogen and oxygen atoms in total. The predicted octanol–water partition coefficient (Wildman–Crippen LogP) is 4.53. The van der Waals surface area contributed by atoms with Crippen LogP contribution < -0.4 is 29.2 Å². The molecule has 2 atom stereocenters. The molecular weight excluding hydrogens is 512 g/mol. The molecule has 0 radical (unpaired) electrons. The van der Waals surface area contributed by atoms with E-state index in [1.807, 2.05) is 12.1 Å². The van der Waals surface area contributed by atoms with Gasteiger partial charge in [0, 0.05) is 17.8 Å². The van der Waals surface area contributed by atoms with Crippen molar-refractivity contribution >= 4 is 17.5 Å². The summed E-state index contributed by atoms with van der Waals surface area (Å²) < 4.78 is 23.5. The minimum absolute atomic E-state index is 0.0105. The lowest BCUT2D eigenvalue weighted by molar-refractivity contribution is -0.132. The highest BCUT2D eigenvalue weighted by molar-refractivity contribution is 6.04. The molecule has 1 aliphatic carbocycles. The van der Waals surface area contributed by atoms with Gasteiger partial charge in [0.15, 0.2) is 23.0 Å². The fourth-order valence-electron chi connectivity index (χ4n) is 5.48. The summed E-state index contributed by atoms with van der Waals surface area (Å²) in [7, 11) is 0. The van der Waals surface area contributed by atoms with Crippen molar-refractivity contribution in [2.45, 2.75) is 50.3 Å². The van der Waals surface area contributed by atoms with Gasteiger partial charge in [0.05, 0.1) is 0 Å². The molecule has 40 heavy (non-hydrogen) atoms. The number of hydrogen-bond acceptors (Lipinski definition) is 7. The highest BCUT2D eigenvalue weighted by Gasteiger charge is 2.40. The van der Waals surface area contributed by atoms with Crippen LogP contribution in [0.3, 0.4) is 0 Å². The van der Waals surface area contributed by atoms with Gasteiger partial charge in [0.2, 0.25) is 12.0 Å². The molecule has 3 aliphatic rings. The number of phenols is 1. The van der Waals surface area contributed by atoms with Gasteiger partial charge in [0.25, 0.3) is 5.91 Å². The van der Waals surface area contributed by atoms with Gasteiger partial charge in [0.1, 0.15) is 31.6 Å². The third kappa shape index (κ3) is 5.36. The maximum Gasteiger partial charge on any atom is 0.272 e. The van der Waals surface area contributed by atoms with Crippen molar-refractivity contribution in [1.29, 1.82) is 0 Å². The number of para-hydroxylation sites is 2. The number of nitrogens with one attached hydrogen (secondary N) is 1. The van der Waals surface area contributed by atoms with Crippen LogP contribution in [0.4, 0.5) is 5.69 Å². The van der Waals surface area contributed by atoms with Crippen LogP contribution in [0.5, 0.6) is 28.7 Å². The largest absolute Gasteiger partial charge is 0.508 e. The Hall–Kier alpha value is -4.40. The summed E-state index contributed by atoms with van der Waals surface area (Å²) in [4.78, 5) is 29.9. The molecule has 0 spiro atoms. The van der Waals surface area contributed by atoms with E-state index in [1.165, 1.54) is 17.0 Å². The van der Waals surface area contributed by atoms with Crippen LogP contribution in [0.15, 0.2) is 66.7 Å². The maximum absolute atomic E-state index is 14.4. The minimum atomic E-state index is -1.04. The third-order valence-electron chi connectivity index (χ3n) is 7.49. The normalized spacial score (nSPS) is 18.9.